The SMILES string of the molecule is CSc1cccc(N2C(=O)c3cc(-c4ccco4)nn3C[C@]2(C)C(=O)NC2CCCCCCC2)c1. The zero-order valence-electron chi connectivity index (χ0n) is 20.3. The molecule has 1 N–H and O–H groups in total. The van der Waals surface area contributed by atoms with Gasteiger partial charge in [-0.25, -0.2) is 0 Å². The minimum absolute atomic E-state index is 0.131. The van der Waals surface area contributed by atoms with Crippen LogP contribution in [0.1, 0.15) is 62.4 Å². The van der Waals surface area contributed by atoms with E-state index < -0.39 is 5.54 Å². The highest BCUT2D eigenvalue weighted by Crippen LogP contribution is 2.36. The van der Waals surface area contributed by atoms with Crippen LogP contribution in [0.2, 0.25) is 0 Å². The van der Waals surface area contributed by atoms with Gasteiger partial charge < -0.3 is 9.73 Å². The topological polar surface area (TPSA) is 80.4 Å². The van der Waals surface area contributed by atoms with Gasteiger partial charge in [-0.3, -0.25) is 19.2 Å². The molecule has 0 unspecified atom stereocenters. The molecule has 1 aliphatic heterocycles. The monoisotopic (exact) mass is 492 g/mol. The smallest absolute Gasteiger partial charge is 0.277 e. The Morgan fingerprint density at radius 2 is 1.89 bits per heavy atom. The molecule has 3 heterocycles. The lowest BCUT2D eigenvalue weighted by atomic mass is 9.91. The molecular formula is C27H32N4O3S. The molecule has 1 saturated carbocycles. The number of carbonyl (C=O) groups is 2. The van der Waals surface area contributed by atoms with Crippen molar-refractivity contribution in [3.8, 4) is 11.5 Å². The number of amides is 2. The molecule has 2 amide bonds. The highest BCUT2D eigenvalue weighted by Gasteiger charge is 2.49. The Balaban J connectivity index is 1.53. The number of hydrogen-bond acceptors (Lipinski definition) is 5. The first-order valence-electron chi connectivity index (χ1n) is 12.4. The van der Waals surface area contributed by atoms with Crippen LogP contribution >= 0.6 is 11.8 Å². The molecule has 1 aromatic carbocycles. The van der Waals surface area contributed by atoms with E-state index in [1.165, 1.54) is 19.3 Å². The van der Waals surface area contributed by atoms with Crippen LogP contribution in [-0.4, -0.2) is 39.4 Å². The fourth-order valence-corrected chi connectivity index (χ4v) is 5.67. The van der Waals surface area contributed by atoms with Gasteiger partial charge in [-0.2, -0.15) is 5.10 Å². The third-order valence-electron chi connectivity index (χ3n) is 7.17. The summed E-state index contributed by atoms with van der Waals surface area (Å²) in [6, 6.07) is 13.3. The van der Waals surface area contributed by atoms with Crippen molar-refractivity contribution < 1.29 is 14.0 Å². The van der Waals surface area contributed by atoms with Crippen LogP contribution in [0, 0.1) is 0 Å². The molecule has 0 spiro atoms. The molecule has 3 aromatic rings. The van der Waals surface area contributed by atoms with E-state index in [1.54, 1.807) is 39.7 Å². The van der Waals surface area contributed by atoms with E-state index in [-0.39, 0.29) is 24.4 Å². The normalized spacial score (nSPS) is 21.3. The van der Waals surface area contributed by atoms with Crippen molar-refractivity contribution in [1.82, 2.24) is 15.1 Å². The number of rotatable bonds is 5. The van der Waals surface area contributed by atoms with Crippen LogP contribution in [-0.2, 0) is 11.3 Å². The van der Waals surface area contributed by atoms with Crippen molar-refractivity contribution in [3.05, 3.63) is 54.4 Å². The Labute approximate surface area is 210 Å². The highest BCUT2D eigenvalue weighted by molar-refractivity contribution is 7.98. The van der Waals surface area contributed by atoms with Crippen molar-refractivity contribution in [1.29, 1.82) is 0 Å². The van der Waals surface area contributed by atoms with Crippen LogP contribution < -0.4 is 10.2 Å². The van der Waals surface area contributed by atoms with E-state index in [9.17, 15) is 9.59 Å². The van der Waals surface area contributed by atoms with Crippen LogP contribution in [0.25, 0.3) is 11.5 Å². The third kappa shape index (κ3) is 4.63. The van der Waals surface area contributed by atoms with Gasteiger partial charge in [0, 0.05) is 22.7 Å². The number of benzene rings is 1. The number of aromatic nitrogens is 2. The summed E-state index contributed by atoms with van der Waals surface area (Å²) in [6.07, 6.45) is 11.5. The molecule has 8 heteroatoms. The first kappa shape index (κ1) is 23.7. The molecule has 2 aliphatic rings. The second kappa shape index (κ2) is 9.93. The molecule has 7 nitrogen and oxygen atoms in total. The van der Waals surface area contributed by atoms with Crippen LogP contribution in [0.15, 0.2) is 58.0 Å². The van der Waals surface area contributed by atoms with Crippen molar-refractivity contribution in [3.63, 3.8) is 0 Å². The number of anilines is 1. The Hall–Kier alpha value is -3.00. The molecule has 0 radical (unpaired) electrons. The van der Waals surface area contributed by atoms with Gasteiger partial charge >= 0.3 is 0 Å². The van der Waals surface area contributed by atoms with Crippen LogP contribution in [0.3, 0.4) is 0 Å². The lowest BCUT2D eigenvalue weighted by Crippen LogP contribution is -2.65. The Kier molecular flexibility index (Phi) is 6.73. The van der Waals surface area contributed by atoms with Gasteiger partial charge in [0.2, 0.25) is 5.91 Å². The largest absolute Gasteiger partial charge is 0.463 e. The fraction of sp³-hybridized carbons (Fsp3) is 0.444. The van der Waals surface area contributed by atoms with E-state index in [2.05, 4.69) is 10.4 Å². The van der Waals surface area contributed by atoms with Crippen molar-refractivity contribution in [2.75, 3.05) is 11.2 Å². The summed E-state index contributed by atoms with van der Waals surface area (Å²) >= 11 is 1.61. The summed E-state index contributed by atoms with van der Waals surface area (Å²) in [7, 11) is 0. The lowest BCUT2D eigenvalue weighted by Gasteiger charge is -2.44. The molecule has 5 rings (SSSR count). The Bertz CT molecular complexity index is 1200. The van der Waals surface area contributed by atoms with E-state index in [4.69, 9.17) is 4.42 Å². The number of nitrogens with zero attached hydrogens (tertiary/aromatic N) is 3. The number of furan rings is 1. The maximum atomic E-state index is 14.0. The molecule has 0 saturated heterocycles. The van der Waals surface area contributed by atoms with Gasteiger partial charge in [0.15, 0.2) is 5.76 Å². The highest BCUT2D eigenvalue weighted by atomic mass is 32.2. The summed E-state index contributed by atoms with van der Waals surface area (Å²) in [5, 5.41) is 7.96. The van der Waals surface area contributed by atoms with E-state index in [0.717, 1.165) is 30.6 Å². The number of thioether (sulfide) groups is 1. The zero-order valence-corrected chi connectivity index (χ0v) is 21.1. The molecule has 1 fully saturated rings. The fourth-order valence-electron chi connectivity index (χ4n) is 5.22. The van der Waals surface area contributed by atoms with E-state index in [1.807, 2.05) is 43.5 Å². The molecular weight excluding hydrogens is 460 g/mol. The summed E-state index contributed by atoms with van der Waals surface area (Å²) in [4.78, 5) is 30.6. The first-order chi connectivity index (χ1) is 17.0. The number of fused-ring (bicyclic) bond motifs is 1. The van der Waals surface area contributed by atoms with Crippen molar-refractivity contribution in [2.24, 2.45) is 0 Å². The average Bonchev–Trinajstić information content (AvgIpc) is 3.51. The quantitative estimate of drug-likeness (QED) is 0.475. The van der Waals surface area contributed by atoms with Crippen molar-refractivity contribution >= 4 is 29.3 Å². The number of nitrogens with one attached hydrogen (secondary N) is 1. The average molecular weight is 493 g/mol. The van der Waals surface area contributed by atoms with Gasteiger partial charge in [0.05, 0.1) is 12.8 Å². The molecule has 184 valence electrons. The molecule has 1 aliphatic carbocycles. The first-order valence-corrected chi connectivity index (χ1v) is 13.6. The zero-order chi connectivity index (χ0) is 24.4. The van der Waals surface area contributed by atoms with Gasteiger partial charge in [-0.15, -0.1) is 11.8 Å². The van der Waals surface area contributed by atoms with Gasteiger partial charge in [0.1, 0.15) is 16.9 Å². The number of carbonyl (C=O) groups excluding carboxylic acids is 2. The second-order valence-electron chi connectivity index (χ2n) is 9.68. The summed E-state index contributed by atoms with van der Waals surface area (Å²) in [5.74, 6) is 0.220. The summed E-state index contributed by atoms with van der Waals surface area (Å²) in [5.41, 5.74) is 0.614. The van der Waals surface area contributed by atoms with Crippen LogP contribution in [0.4, 0.5) is 5.69 Å². The summed E-state index contributed by atoms with van der Waals surface area (Å²) < 4.78 is 7.17. The maximum absolute atomic E-state index is 14.0. The van der Waals surface area contributed by atoms with Gasteiger partial charge in [-0.05, 0) is 56.4 Å². The van der Waals surface area contributed by atoms with Gasteiger partial charge in [0.25, 0.3) is 5.91 Å². The van der Waals surface area contributed by atoms with E-state index >= 15 is 0 Å². The standard InChI is InChI=1S/C27H32N4O3S/c1-27(26(33)28-19-10-6-4-3-5-7-11-19)18-30-23(17-22(29-30)24-14-9-15-34-24)25(32)31(27)20-12-8-13-21(16-20)35-2/h8-9,12-17,19H,3-7,10-11,18H2,1-2H3,(H,28,33)/t27-/m1/s1. The minimum Gasteiger partial charge on any atom is -0.463 e. The maximum Gasteiger partial charge on any atom is 0.277 e. The third-order valence-corrected chi connectivity index (χ3v) is 7.89. The second-order valence-corrected chi connectivity index (χ2v) is 10.6. The molecule has 0 bridgehead atoms. The predicted octanol–water partition coefficient (Wildman–Crippen LogP) is 5.51. The van der Waals surface area contributed by atoms with Gasteiger partial charge in [-0.1, -0.05) is 38.2 Å². The molecule has 35 heavy (non-hydrogen) atoms. The van der Waals surface area contributed by atoms with Crippen molar-refractivity contribution in [2.45, 2.75) is 74.9 Å². The predicted molar refractivity (Wildman–Crippen MR) is 138 cm³/mol. The van der Waals surface area contributed by atoms with E-state index in [0.29, 0.717) is 22.8 Å². The lowest BCUT2D eigenvalue weighted by molar-refractivity contribution is -0.127. The minimum atomic E-state index is -1.13. The Morgan fingerprint density at radius 3 is 2.60 bits per heavy atom. The summed E-state index contributed by atoms with van der Waals surface area (Å²) in [6.45, 7) is 2.11. The molecule has 1 atom stereocenters. The van der Waals surface area contributed by atoms with Crippen LogP contribution in [0.5, 0.6) is 0 Å². The molecule has 2 aromatic heterocycles. The number of hydrogen-bond donors (Lipinski definition) is 1. The Morgan fingerprint density at radius 1 is 1.11 bits per heavy atom.